The van der Waals surface area contributed by atoms with Crippen LogP contribution in [-0.4, -0.2) is 41.8 Å². The number of fused-ring (bicyclic) bond motifs is 1. The lowest BCUT2D eigenvalue weighted by Gasteiger charge is -2.27. The van der Waals surface area contributed by atoms with Crippen LogP contribution in [0.25, 0.3) is 11.1 Å². The Hall–Kier alpha value is -3.92. The first kappa shape index (κ1) is 31.0. The molecule has 11 heteroatoms. The van der Waals surface area contributed by atoms with Gasteiger partial charge in [-0.05, 0) is 72.2 Å². The summed E-state index contributed by atoms with van der Waals surface area (Å²) in [5, 5.41) is 26.3. The summed E-state index contributed by atoms with van der Waals surface area (Å²) >= 11 is 12.8. The summed E-state index contributed by atoms with van der Waals surface area (Å²) in [6.45, 7) is -0.121. The van der Waals surface area contributed by atoms with Gasteiger partial charge in [0.15, 0.2) is 11.7 Å². The molecule has 2 atom stereocenters. The number of benzene rings is 3. The molecule has 0 radical (unpaired) electrons. The van der Waals surface area contributed by atoms with E-state index in [1.54, 1.807) is 12.1 Å². The van der Waals surface area contributed by atoms with Gasteiger partial charge in [-0.15, -0.1) is 0 Å². The number of ketones is 1. The molecule has 1 unspecified atom stereocenters. The molecule has 0 saturated carbocycles. The number of hydrogen-bond donors (Lipinski definition) is 6. The first-order valence-electron chi connectivity index (χ1n) is 13.7. The van der Waals surface area contributed by atoms with E-state index in [1.165, 1.54) is 5.56 Å². The molecule has 0 fully saturated rings. The number of amides is 1. The van der Waals surface area contributed by atoms with Crippen molar-refractivity contribution in [2.75, 3.05) is 18.4 Å². The minimum absolute atomic E-state index is 0.00127. The van der Waals surface area contributed by atoms with Crippen molar-refractivity contribution < 1.29 is 19.5 Å². The number of nitrogens with two attached hydrogens (primary N) is 1. The van der Waals surface area contributed by atoms with Gasteiger partial charge < -0.3 is 26.8 Å². The van der Waals surface area contributed by atoms with E-state index >= 15 is 0 Å². The summed E-state index contributed by atoms with van der Waals surface area (Å²) in [5.41, 5.74) is 10.2. The molecule has 1 aliphatic rings. The first-order chi connectivity index (χ1) is 20.1. The third-order valence-corrected chi connectivity index (χ3v) is 7.89. The van der Waals surface area contributed by atoms with Crippen LogP contribution in [0.4, 0.5) is 5.69 Å². The van der Waals surface area contributed by atoms with Crippen molar-refractivity contribution in [1.29, 1.82) is 5.41 Å². The topological polar surface area (TPSA) is 157 Å². The summed E-state index contributed by atoms with van der Waals surface area (Å²) < 4.78 is 0. The van der Waals surface area contributed by atoms with E-state index < -0.39 is 11.9 Å². The van der Waals surface area contributed by atoms with E-state index in [1.807, 2.05) is 48.5 Å². The van der Waals surface area contributed by atoms with Crippen LogP contribution in [0.5, 0.6) is 0 Å². The molecule has 0 aliphatic heterocycles. The molecule has 0 spiro atoms. The Morgan fingerprint density at radius 1 is 1.02 bits per heavy atom. The molecular weight excluding hydrogens is 577 g/mol. The zero-order valence-corrected chi connectivity index (χ0v) is 24.4. The Bertz CT molecular complexity index is 1460. The number of Topliss-reactive ketones (excluding diaryl/α,β-unsaturated/α-hetero) is 1. The monoisotopic (exact) mass is 609 g/mol. The van der Waals surface area contributed by atoms with Crippen molar-refractivity contribution in [3.63, 3.8) is 0 Å². The lowest BCUT2D eigenvalue weighted by Crippen LogP contribution is -2.40. The Morgan fingerprint density at radius 3 is 2.40 bits per heavy atom. The van der Waals surface area contributed by atoms with Gasteiger partial charge in [0.1, 0.15) is 0 Å². The van der Waals surface area contributed by atoms with Crippen LogP contribution in [0, 0.1) is 11.3 Å². The molecule has 0 saturated heterocycles. The zero-order valence-electron chi connectivity index (χ0n) is 22.9. The molecule has 0 aromatic heterocycles. The number of hydrogen-bond acceptors (Lipinski definition) is 5. The fourth-order valence-corrected chi connectivity index (χ4v) is 5.84. The minimum atomic E-state index is -1.11. The number of halogens is 2. The van der Waals surface area contributed by atoms with Gasteiger partial charge in [0.05, 0.1) is 28.1 Å². The maximum Gasteiger partial charge on any atom is 0.308 e. The number of rotatable bonds is 12. The highest BCUT2D eigenvalue weighted by molar-refractivity contribution is 6.40. The largest absolute Gasteiger partial charge is 0.481 e. The van der Waals surface area contributed by atoms with Gasteiger partial charge >= 0.3 is 5.97 Å². The Labute approximate surface area is 254 Å². The van der Waals surface area contributed by atoms with Crippen molar-refractivity contribution >= 4 is 52.5 Å². The average Bonchev–Trinajstić information content (AvgIpc) is 2.95. The van der Waals surface area contributed by atoms with E-state index in [4.69, 9.17) is 34.3 Å². The van der Waals surface area contributed by atoms with E-state index in [0.29, 0.717) is 5.69 Å². The zero-order chi connectivity index (χ0) is 30.2. The van der Waals surface area contributed by atoms with Crippen molar-refractivity contribution in [3.8, 4) is 11.1 Å². The van der Waals surface area contributed by atoms with E-state index in [2.05, 4.69) is 16.0 Å². The molecule has 3 aromatic rings. The Morgan fingerprint density at radius 2 is 1.74 bits per heavy atom. The van der Waals surface area contributed by atoms with Crippen molar-refractivity contribution in [2.45, 2.75) is 38.1 Å². The van der Waals surface area contributed by atoms with Gasteiger partial charge in [-0.2, -0.15) is 0 Å². The third kappa shape index (κ3) is 8.09. The van der Waals surface area contributed by atoms with E-state index in [9.17, 15) is 19.5 Å². The molecule has 1 aliphatic carbocycles. The molecule has 4 rings (SSSR count). The second-order valence-corrected chi connectivity index (χ2v) is 11.1. The Balaban J connectivity index is 1.30. The number of aliphatic carboxylic acids is 1. The highest BCUT2D eigenvalue weighted by Gasteiger charge is 2.24. The number of carboxylic acid groups (broad SMARTS) is 1. The van der Waals surface area contributed by atoms with Crippen molar-refractivity contribution in [2.24, 2.45) is 11.7 Å². The number of carbonyl (C=O) groups is 3. The number of nitrogens with one attached hydrogen (secondary N) is 4. The second-order valence-electron chi connectivity index (χ2n) is 10.3. The Kier molecular flexibility index (Phi) is 10.6. The lowest BCUT2D eigenvalue weighted by atomic mass is 9.87. The van der Waals surface area contributed by atoms with Crippen molar-refractivity contribution in [1.82, 2.24) is 10.6 Å². The van der Waals surface area contributed by atoms with Gasteiger partial charge in [0.25, 0.3) is 0 Å². The van der Waals surface area contributed by atoms with Crippen LogP contribution < -0.4 is 21.7 Å². The summed E-state index contributed by atoms with van der Waals surface area (Å²) in [6.07, 6.45) is 2.64. The van der Waals surface area contributed by atoms with Crippen LogP contribution in [0.3, 0.4) is 0 Å². The number of anilines is 1. The van der Waals surface area contributed by atoms with Crippen LogP contribution in [0.1, 0.15) is 53.2 Å². The highest BCUT2D eigenvalue weighted by atomic mass is 35.5. The van der Waals surface area contributed by atoms with E-state index in [-0.39, 0.29) is 65.2 Å². The van der Waals surface area contributed by atoms with Crippen LogP contribution in [0.2, 0.25) is 10.0 Å². The molecule has 3 aromatic carbocycles. The highest BCUT2D eigenvalue weighted by Crippen LogP contribution is 2.34. The average molecular weight is 611 g/mol. The summed E-state index contributed by atoms with van der Waals surface area (Å²) in [6, 6.07) is 18.5. The normalized spacial score (nSPS) is 14.9. The molecule has 220 valence electrons. The second kappa shape index (κ2) is 14.3. The van der Waals surface area contributed by atoms with Crippen LogP contribution in [-0.2, 0) is 16.0 Å². The standard InChI is InChI=1S/C31H33Cl2N5O4/c32-24-13-21(18-5-2-1-3-6-18)14-25(33)29(24)27(39)12-10-20(30(41)42)16-37-28(40)17-36-26-8-4-7-19-9-11-22(15-23(19)26)38-31(34)35/h1-3,5-6,9,11,13-15,20,26,36H,4,7-8,10,12,16-17H2,(H,37,40)(H,41,42)(H4,34,35,38)/t20-,26?/m0/s1. The third-order valence-electron chi connectivity index (χ3n) is 7.29. The van der Waals surface area contributed by atoms with Gasteiger partial charge in [0, 0.05) is 24.7 Å². The van der Waals surface area contributed by atoms with E-state index in [0.717, 1.165) is 36.0 Å². The lowest BCUT2D eigenvalue weighted by molar-refractivity contribution is -0.141. The fraction of sp³-hybridized carbons (Fsp3) is 0.290. The van der Waals surface area contributed by atoms with Crippen LogP contribution >= 0.6 is 23.2 Å². The number of aryl methyl sites for hydroxylation is 1. The van der Waals surface area contributed by atoms with Crippen molar-refractivity contribution in [3.05, 3.63) is 87.4 Å². The minimum Gasteiger partial charge on any atom is -0.481 e. The molecule has 0 bridgehead atoms. The van der Waals surface area contributed by atoms with Gasteiger partial charge in [-0.3, -0.25) is 19.8 Å². The molecule has 9 nitrogen and oxygen atoms in total. The maximum atomic E-state index is 13.0. The smallest absolute Gasteiger partial charge is 0.308 e. The number of carboxylic acids is 1. The summed E-state index contributed by atoms with van der Waals surface area (Å²) in [4.78, 5) is 37.5. The number of carbonyl (C=O) groups excluding carboxylic acids is 2. The summed E-state index contributed by atoms with van der Waals surface area (Å²) in [7, 11) is 0. The predicted molar refractivity (Wildman–Crippen MR) is 165 cm³/mol. The van der Waals surface area contributed by atoms with Gasteiger partial charge in [0.2, 0.25) is 5.91 Å². The SMILES string of the molecule is N=C(N)Nc1ccc2c(c1)C(NCC(=O)NC[C@H](CCC(=O)c1c(Cl)cc(-c3ccccc3)cc1Cl)C(=O)O)CCC2. The number of guanidine groups is 1. The molecule has 0 heterocycles. The first-order valence-corrected chi connectivity index (χ1v) is 14.4. The molecule has 7 N–H and O–H groups in total. The molecular formula is C31H33Cl2N5O4. The maximum absolute atomic E-state index is 13.0. The predicted octanol–water partition coefficient (Wildman–Crippen LogP) is 5.41. The van der Waals surface area contributed by atoms with Gasteiger partial charge in [-0.25, -0.2) is 0 Å². The quantitative estimate of drug-likeness (QED) is 0.0909. The fourth-order valence-electron chi connectivity index (χ4n) is 5.14. The molecule has 1 amide bonds. The van der Waals surface area contributed by atoms with Gasteiger partial charge in [-0.1, -0.05) is 59.6 Å². The van der Waals surface area contributed by atoms with Crippen LogP contribution in [0.15, 0.2) is 60.7 Å². The summed E-state index contributed by atoms with van der Waals surface area (Å²) in [5.74, 6) is -2.94. The molecule has 42 heavy (non-hydrogen) atoms.